The van der Waals surface area contributed by atoms with Crippen LogP contribution in [0.3, 0.4) is 0 Å². The molecular weight excluding hydrogens is 258 g/mol. The summed E-state index contributed by atoms with van der Waals surface area (Å²) in [5, 5.41) is 22.0. The Morgan fingerprint density at radius 1 is 1.40 bits per heavy atom. The molecule has 1 aromatic rings. The Hall–Kier alpha value is -1.95. The molecule has 1 aliphatic rings. The van der Waals surface area contributed by atoms with E-state index >= 15 is 0 Å². The molecule has 0 amide bonds. The SMILES string of the molecule is COc1ccc(/C(N)=N/O)c(N2CCC(C)(O)CC2)c1. The van der Waals surface area contributed by atoms with Gasteiger partial charge in [-0.2, -0.15) is 0 Å². The molecule has 0 atom stereocenters. The van der Waals surface area contributed by atoms with Crippen LogP contribution in [0.25, 0.3) is 0 Å². The molecular formula is C14H21N3O3. The lowest BCUT2D eigenvalue weighted by Crippen LogP contribution is -2.43. The molecule has 2 rings (SSSR count). The van der Waals surface area contributed by atoms with Crippen molar-refractivity contribution in [2.75, 3.05) is 25.1 Å². The molecule has 1 fully saturated rings. The number of oxime groups is 1. The van der Waals surface area contributed by atoms with E-state index in [9.17, 15) is 5.11 Å². The predicted octanol–water partition coefficient (Wildman–Crippen LogP) is 1.14. The van der Waals surface area contributed by atoms with Gasteiger partial charge < -0.3 is 25.7 Å². The van der Waals surface area contributed by atoms with Gasteiger partial charge in [-0.3, -0.25) is 0 Å². The molecule has 0 aromatic heterocycles. The van der Waals surface area contributed by atoms with Crippen LogP contribution in [-0.2, 0) is 0 Å². The van der Waals surface area contributed by atoms with Gasteiger partial charge in [0.25, 0.3) is 0 Å². The molecule has 0 unspecified atom stereocenters. The van der Waals surface area contributed by atoms with Gasteiger partial charge >= 0.3 is 0 Å². The molecule has 6 heteroatoms. The highest BCUT2D eigenvalue weighted by Gasteiger charge is 2.28. The summed E-state index contributed by atoms with van der Waals surface area (Å²) in [4.78, 5) is 2.12. The number of piperidine rings is 1. The largest absolute Gasteiger partial charge is 0.497 e. The van der Waals surface area contributed by atoms with Crippen molar-refractivity contribution in [2.24, 2.45) is 10.9 Å². The summed E-state index contributed by atoms with van der Waals surface area (Å²) in [5.74, 6) is 0.784. The number of nitrogens with two attached hydrogens (primary N) is 1. The van der Waals surface area contributed by atoms with E-state index in [-0.39, 0.29) is 5.84 Å². The van der Waals surface area contributed by atoms with E-state index in [0.29, 0.717) is 37.2 Å². The number of ether oxygens (including phenoxy) is 1. The molecule has 0 aliphatic carbocycles. The highest BCUT2D eigenvalue weighted by Crippen LogP contribution is 2.31. The lowest BCUT2D eigenvalue weighted by atomic mass is 9.93. The number of methoxy groups -OCH3 is 1. The minimum Gasteiger partial charge on any atom is -0.497 e. The van der Waals surface area contributed by atoms with Crippen LogP contribution >= 0.6 is 0 Å². The van der Waals surface area contributed by atoms with E-state index in [1.54, 1.807) is 19.2 Å². The summed E-state index contributed by atoms with van der Waals surface area (Å²) in [6.07, 6.45) is 1.36. The average molecular weight is 279 g/mol. The van der Waals surface area contributed by atoms with Crippen molar-refractivity contribution in [1.29, 1.82) is 0 Å². The topological polar surface area (TPSA) is 91.3 Å². The normalized spacial score (nSPS) is 18.9. The molecule has 1 saturated heterocycles. The van der Waals surface area contributed by atoms with Crippen molar-refractivity contribution < 1.29 is 15.1 Å². The lowest BCUT2D eigenvalue weighted by molar-refractivity contribution is 0.0351. The molecule has 0 saturated carbocycles. The first-order chi connectivity index (χ1) is 9.46. The van der Waals surface area contributed by atoms with Crippen LogP contribution in [0.2, 0.25) is 0 Å². The fourth-order valence-electron chi connectivity index (χ4n) is 2.40. The maximum atomic E-state index is 10.0. The van der Waals surface area contributed by atoms with E-state index in [0.717, 1.165) is 5.69 Å². The molecule has 4 N–H and O–H groups in total. The van der Waals surface area contributed by atoms with Gasteiger partial charge in [0, 0.05) is 24.7 Å². The van der Waals surface area contributed by atoms with Gasteiger partial charge in [-0.1, -0.05) is 5.16 Å². The summed E-state index contributed by atoms with van der Waals surface area (Å²) in [6, 6.07) is 5.42. The third-order valence-electron chi connectivity index (χ3n) is 3.77. The van der Waals surface area contributed by atoms with E-state index in [1.807, 2.05) is 13.0 Å². The fraction of sp³-hybridized carbons (Fsp3) is 0.500. The second-order valence-electron chi connectivity index (χ2n) is 5.35. The molecule has 1 aromatic carbocycles. The van der Waals surface area contributed by atoms with Gasteiger partial charge in [0.2, 0.25) is 0 Å². The molecule has 1 heterocycles. The highest BCUT2D eigenvalue weighted by molar-refractivity contribution is 6.02. The van der Waals surface area contributed by atoms with Crippen LogP contribution in [0, 0.1) is 0 Å². The zero-order chi connectivity index (χ0) is 14.8. The fourth-order valence-corrected chi connectivity index (χ4v) is 2.40. The van der Waals surface area contributed by atoms with Crippen molar-refractivity contribution >= 4 is 11.5 Å². The summed E-state index contributed by atoms with van der Waals surface area (Å²) in [7, 11) is 1.60. The van der Waals surface area contributed by atoms with Crippen LogP contribution in [0.15, 0.2) is 23.4 Å². The van der Waals surface area contributed by atoms with Crippen molar-refractivity contribution in [3.8, 4) is 5.75 Å². The maximum Gasteiger partial charge on any atom is 0.172 e. The molecule has 0 bridgehead atoms. The molecule has 0 radical (unpaired) electrons. The quantitative estimate of drug-likeness (QED) is 0.334. The standard InChI is InChI=1S/C14H21N3O3/c1-14(18)5-7-17(8-6-14)12-9-10(20-2)3-4-11(12)13(15)16-19/h3-4,9,18-19H,5-8H2,1-2H3,(H2,15,16). The van der Waals surface area contributed by atoms with E-state index in [1.165, 1.54) is 0 Å². The zero-order valence-corrected chi connectivity index (χ0v) is 11.8. The van der Waals surface area contributed by atoms with E-state index < -0.39 is 5.60 Å². The second-order valence-corrected chi connectivity index (χ2v) is 5.35. The second kappa shape index (κ2) is 5.58. The van der Waals surface area contributed by atoms with E-state index in [4.69, 9.17) is 15.7 Å². The van der Waals surface area contributed by atoms with Crippen LogP contribution < -0.4 is 15.4 Å². The highest BCUT2D eigenvalue weighted by atomic mass is 16.5. The first-order valence-corrected chi connectivity index (χ1v) is 6.60. The summed E-state index contributed by atoms with van der Waals surface area (Å²) in [5.41, 5.74) is 6.63. The Kier molecular flexibility index (Phi) is 4.04. The minimum atomic E-state index is -0.619. The predicted molar refractivity (Wildman–Crippen MR) is 77.6 cm³/mol. The third kappa shape index (κ3) is 2.96. The van der Waals surface area contributed by atoms with Gasteiger partial charge in [-0.25, -0.2) is 0 Å². The van der Waals surface area contributed by atoms with Gasteiger partial charge in [0.05, 0.1) is 18.4 Å². The van der Waals surface area contributed by atoms with Crippen molar-refractivity contribution in [1.82, 2.24) is 0 Å². The number of benzene rings is 1. The van der Waals surface area contributed by atoms with Gasteiger partial charge in [-0.05, 0) is 31.9 Å². The number of rotatable bonds is 3. The van der Waals surface area contributed by atoms with Gasteiger partial charge in [0.15, 0.2) is 5.84 Å². The van der Waals surface area contributed by atoms with Gasteiger partial charge in [-0.15, -0.1) is 0 Å². The smallest absolute Gasteiger partial charge is 0.172 e. The Labute approximate surface area is 118 Å². The van der Waals surface area contributed by atoms with Crippen LogP contribution in [0.4, 0.5) is 5.69 Å². The van der Waals surface area contributed by atoms with Crippen molar-refractivity contribution in [2.45, 2.75) is 25.4 Å². The Morgan fingerprint density at radius 2 is 2.05 bits per heavy atom. The number of hydrogen-bond donors (Lipinski definition) is 3. The molecule has 20 heavy (non-hydrogen) atoms. The molecule has 110 valence electrons. The number of anilines is 1. The van der Waals surface area contributed by atoms with Crippen molar-refractivity contribution in [3.05, 3.63) is 23.8 Å². The minimum absolute atomic E-state index is 0.0694. The number of aliphatic hydroxyl groups is 1. The first-order valence-electron chi connectivity index (χ1n) is 6.60. The van der Waals surface area contributed by atoms with Crippen LogP contribution in [-0.4, -0.2) is 41.9 Å². The monoisotopic (exact) mass is 279 g/mol. The van der Waals surface area contributed by atoms with Crippen molar-refractivity contribution in [3.63, 3.8) is 0 Å². The van der Waals surface area contributed by atoms with Crippen LogP contribution in [0.5, 0.6) is 5.75 Å². The third-order valence-corrected chi connectivity index (χ3v) is 3.77. The Balaban J connectivity index is 2.33. The number of amidine groups is 1. The summed E-state index contributed by atoms with van der Waals surface area (Å²) < 4.78 is 5.24. The number of hydrogen-bond acceptors (Lipinski definition) is 5. The zero-order valence-electron chi connectivity index (χ0n) is 11.8. The molecule has 1 aliphatic heterocycles. The number of nitrogens with zero attached hydrogens (tertiary/aromatic N) is 2. The maximum absolute atomic E-state index is 10.0. The Bertz CT molecular complexity index is 504. The lowest BCUT2D eigenvalue weighted by Gasteiger charge is -2.38. The Morgan fingerprint density at radius 3 is 2.60 bits per heavy atom. The summed E-state index contributed by atoms with van der Waals surface area (Å²) in [6.45, 7) is 3.28. The van der Waals surface area contributed by atoms with Crippen LogP contribution in [0.1, 0.15) is 25.3 Å². The average Bonchev–Trinajstić information content (AvgIpc) is 2.46. The summed E-state index contributed by atoms with van der Waals surface area (Å²) >= 11 is 0. The first kappa shape index (κ1) is 14.5. The molecule has 0 spiro atoms. The van der Waals surface area contributed by atoms with Gasteiger partial charge in [0.1, 0.15) is 5.75 Å². The van der Waals surface area contributed by atoms with E-state index in [2.05, 4.69) is 10.1 Å². The molecule has 6 nitrogen and oxygen atoms in total.